The molecule has 0 spiro atoms. The number of carbonyl (C=O) groups is 1. The van der Waals surface area contributed by atoms with Crippen LogP contribution in [0.1, 0.15) is 37.3 Å². The van der Waals surface area contributed by atoms with Gasteiger partial charge in [-0.25, -0.2) is 0 Å². The van der Waals surface area contributed by atoms with E-state index in [1.165, 1.54) is 0 Å². The summed E-state index contributed by atoms with van der Waals surface area (Å²) in [5.41, 5.74) is 6.55. The number of nitrogens with two attached hydrogens (primary N) is 1. The molecule has 120 valence electrons. The van der Waals surface area contributed by atoms with Crippen molar-refractivity contribution in [1.82, 2.24) is 0 Å². The van der Waals surface area contributed by atoms with E-state index in [1.54, 1.807) is 0 Å². The minimum atomic E-state index is -0.775. The number of rotatable bonds is 6. The fourth-order valence-electron chi connectivity index (χ4n) is 3.38. The molecule has 1 saturated heterocycles. The van der Waals surface area contributed by atoms with Crippen molar-refractivity contribution in [3.63, 3.8) is 0 Å². The first-order valence-electron chi connectivity index (χ1n) is 7.83. The third kappa shape index (κ3) is 2.33. The second-order valence-corrected chi connectivity index (χ2v) is 6.29. The number of hydrogen-bond acceptors (Lipinski definition) is 4. The number of aliphatic hydroxyl groups is 1. The standard InChI is InChI=1S/C17H23NO4/c1-2-22-15(20)16(7-8-16)12-3-5-13(6-4-12)17(14(18)19)9-10-21-11-17/h3-6,15,20H,2,7-11H2,1H3,(H2,18,19). The molecule has 0 aromatic heterocycles. The average Bonchev–Trinajstić information content (AvgIpc) is 3.18. The maximum Gasteiger partial charge on any atom is 0.230 e. The molecule has 0 radical (unpaired) electrons. The summed E-state index contributed by atoms with van der Waals surface area (Å²) in [4.78, 5) is 11.9. The zero-order valence-electron chi connectivity index (χ0n) is 12.9. The van der Waals surface area contributed by atoms with Gasteiger partial charge in [-0.1, -0.05) is 24.3 Å². The van der Waals surface area contributed by atoms with Gasteiger partial charge in [0, 0.05) is 18.6 Å². The van der Waals surface area contributed by atoms with Crippen molar-refractivity contribution in [2.45, 2.75) is 43.3 Å². The lowest BCUT2D eigenvalue weighted by atomic mass is 9.78. The number of benzene rings is 1. The van der Waals surface area contributed by atoms with Crippen LogP contribution in [0.15, 0.2) is 24.3 Å². The van der Waals surface area contributed by atoms with Gasteiger partial charge in [-0.15, -0.1) is 0 Å². The Morgan fingerprint density at radius 2 is 1.95 bits per heavy atom. The van der Waals surface area contributed by atoms with Crippen LogP contribution >= 0.6 is 0 Å². The second kappa shape index (κ2) is 5.65. The summed E-state index contributed by atoms with van der Waals surface area (Å²) in [6.45, 7) is 3.26. The van der Waals surface area contributed by atoms with Gasteiger partial charge in [-0.2, -0.15) is 0 Å². The molecular weight excluding hydrogens is 282 g/mol. The molecule has 0 bridgehead atoms. The van der Waals surface area contributed by atoms with E-state index in [1.807, 2.05) is 31.2 Å². The van der Waals surface area contributed by atoms with Gasteiger partial charge in [-0.3, -0.25) is 4.79 Å². The first-order valence-corrected chi connectivity index (χ1v) is 7.83. The lowest BCUT2D eigenvalue weighted by molar-refractivity contribution is -0.123. The molecule has 2 aliphatic rings. The van der Waals surface area contributed by atoms with Crippen LogP contribution in [-0.4, -0.2) is 37.1 Å². The fourth-order valence-corrected chi connectivity index (χ4v) is 3.38. The van der Waals surface area contributed by atoms with E-state index in [9.17, 15) is 9.90 Å². The second-order valence-electron chi connectivity index (χ2n) is 6.29. The van der Waals surface area contributed by atoms with E-state index in [2.05, 4.69) is 0 Å². The maximum atomic E-state index is 11.9. The monoisotopic (exact) mass is 305 g/mol. The normalized spacial score (nSPS) is 27.5. The Morgan fingerprint density at radius 3 is 2.41 bits per heavy atom. The smallest absolute Gasteiger partial charge is 0.230 e. The van der Waals surface area contributed by atoms with Gasteiger partial charge in [0.2, 0.25) is 5.91 Å². The molecule has 1 aromatic rings. The van der Waals surface area contributed by atoms with Crippen LogP contribution in [0.25, 0.3) is 0 Å². The van der Waals surface area contributed by atoms with E-state index >= 15 is 0 Å². The van der Waals surface area contributed by atoms with Crippen LogP contribution in [0, 0.1) is 0 Å². The minimum Gasteiger partial charge on any atom is -0.380 e. The van der Waals surface area contributed by atoms with Crippen LogP contribution in [0.3, 0.4) is 0 Å². The van der Waals surface area contributed by atoms with E-state index in [-0.39, 0.29) is 11.3 Å². The van der Waals surface area contributed by atoms with Gasteiger partial charge in [-0.05, 0) is 37.3 Å². The van der Waals surface area contributed by atoms with E-state index in [0.29, 0.717) is 26.2 Å². The van der Waals surface area contributed by atoms with Gasteiger partial charge in [0.15, 0.2) is 6.29 Å². The topological polar surface area (TPSA) is 81.8 Å². The number of ether oxygens (including phenoxy) is 2. The van der Waals surface area contributed by atoms with Crippen LogP contribution in [0.4, 0.5) is 0 Å². The Morgan fingerprint density at radius 1 is 1.32 bits per heavy atom. The molecule has 22 heavy (non-hydrogen) atoms. The first kappa shape index (κ1) is 15.5. The van der Waals surface area contributed by atoms with Crippen LogP contribution in [-0.2, 0) is 25.1 Å². The molecular formula is C17H23NO4. The number of amides is 1. The highest BCUT2D eigenvalue weighted by molar-refractivity contribution is 5.87. The summed E-state index contributed by atoms with van der Waals surface area (Å²) in [6, 6.07) is 7.84. The van der Waals surface area contributed by atoms with Crippen molar-refractivity contribution < 1.29 is 19.4 Å². The summed E-state index contributed by atoms with van der Waals surface area (Å²) in [5.74, 6) is -0.340. The zero-order valence-corrected chi connectivity index (χ0v) is 12.9. The number of carbonyl (C=O) groups excluding carboxylic acids is 1. The lowest BCUT2D eigenvalue weighted by Crippen LogP contribution is -2.41. The number of primary amides is 1. The maximum absolute atomic E-state index is 11.9. The van der Waals surface area contributed by atoms with Crippen LogP contribution < -0.4 is 5.73 Å². The highest BCUT2D eigenvalue weighted by Crippen LogP contribution is 2.51. The minimum absolute atomic E-state index is 0.291. The highest BCUT2D eigenvalue weighted by Gasteiger charge is 2.51. The summed E-state index contributed by atoms with van der Waals surface area (Å²) < 4.78 is 10.8. The van der Waals surface area contributed by atoms with Crippen molar-refractivity contribution in [1.29, 1.82) is 0 Å². The van der Waals surface area contributed by atoms with Crippen molar-refractivity contribution in [2.75, 3.05) is 19.8 Å². The molecule has 1 aliphatic heterocycles. The van der Waals surface area contributed by atoms with E-state index in [4.69, 9.17) is 15.2 Å². The van der Waals surface area contributed by atoms with Gasteiger partial charge in [0.1, 0.15) is 0 Å². The summed E-state index contributed by atoms with van der Waals surface area (Å²) in [6.07, 6.45) is 1.67. The largest absolute Gasteiger partial charge is 0.380 e. The van der Waals surface area contributed by atoms with Crippen molar-refractivity contribution >= 4 is 5.91 Å². The lowest BCUT2D eigenvalue weighted by Gasteiger charge is -2.26. The van der Waals surface area contributed by atoms with Gasteiger partial charge >= 0.3 is 0 Å². The zero-order chi connectivity index (χ0) is 15.8. The molecule has 5 nitrogen and oxygen atoms in total. The summed E-state index contributed by atoms with van der Waals surface area (Å²) in [7, 11) is 0. The van der Waals surface area contributed by atoms with Crippen LogP contribution in [0.2, 0.25) is 0 Å². The highest BCUT2D eigenvalue weighted by atomic mass is 16.6. The fraction of sp³-hybridized carbons (Fsp3) is 0.588. The van der Waals surface area contributed by atoms with E-state index < -0.39 is 11.7 Å². The summed E-state index contributed by atoms with van der Waals surface area (Å²) in [5, 5.41) is 10.2. The molecule has 5 heteroatoms. The van der Waals surface area contributed by atoms with Crippen molar-refractivity contribution in [2.24, 2.45) is 5.73 Å². The van der Waals surface area contributed by atoms with E-state index in [0.717, 1.165) is 24.0 Å². The molecule has 2 atom stereocenters. The van der Waals surface area contributed by atoms with Gasteiger partial charge < -0.3 is 20.3 Å². The number of hydrogen-bond donors (Lipinski definition) is 2. The predicted molar refractivity (Wildman–Crippen MR) is 81.3 cm³/mol. The Hall–Kier alpha value is -1.43. The van der Waals surface area contributed by atoms with Crippen LogP contribution in [0.5, 0.6) is 0 Å². The molecule has 3 rings (SSSR count). The molecule has 3 N–H and O–H groups in total. The first-order chi connectivity index (χ1) is 10.5. The molecule has 1 aliphatic carbocycles. The molecule has 2 fully saturated rings. The SMILES string of the molecule is CCOC(O)C1(c2ccc(C3(C(N)=O)CCOC3)cc2)CC1. The Kier molecular flexibility index (Phi) is 3.97. The average molecular weight is 305 g/mol. The molecule has 2 unspecified atom stereocenters. The molecule has 1 heterocycles. The summed E-state index contributed by atoms with van der Waals surface area (Å²) >= 11 is 0. The quantitative estimate of drug-likeness (QED) is 0.774. The third-order valence-electron chi connectivity index (χ3n) is 5.09. The number of aliphatic hydroxyl groups excluding tert-OH is 1. The molecule has 1 amide bonds. The Labute approximate surface area is 130 Å². The van der Waals surface area contributed by atoms with Gasteiger partial charge in [0.25, 0.3) is 0 Å². The van der Waals surface area contributed by atoms with Crippen molar-refractivity contribution in [3.8, 4) is 0 Å². The Balaban J connectivity index is 1.86. The third-order valence-corrected chi connectivity index (χ3v) is 5.09. The van der Waals surface area contributed by atoms with Crippen molar-refractivity contribution in [3.05, 3.63) is 35.4 Å². The van der Waals surface area contributed by atoms with Gasteiger partial charge in [0.05, 0.1) is 12.0 Å². The molecule has 1 saturated carbocycles. The Bertz CT molecular complexity index is 544. The molecule has 1 aromatic carbocycles. The predicted octanol–water partition coefficient (Wildman–Crippen LogP) is 1.22.